The second kappa shape index (κ2) is 2.66. The maximum atomic E-state index is 10.4. The van der Waals surface area contributed by atoms with E-state index in [0.717, 1.165) is 6.29 Å². The molecule has 0 bridgehead atoms. The van der Waals surface area contributed by atoms with Gasteiger partial charge in [0.2, 0.25) is 5.79 Å². The summed E-state index contributed by atoms with van der Waals surface area (Å²) in [5, 5.41) is 0. The predicted octanol–water partition coefficient (Wildman–Crippen LogP) is 1.10. The molecule has 0 aromatic heterocycles. The lowest BCUT2D eigenvalue weighted by Crippen LogP contribution is -2.38. The Labute approximate surface area is 66.0 Å². The van der Waals surface area contributed by atoms with E-state index in [-0.39, 0.29) is 5.92 Å². The Morgan fingerprint density at radius 1 is 1.73 bits per heavy atom. The first-order chi connectivity index (χ1) is 5.05. The van der Waals surface area contributed by atoms with Crippen molar-refractivity contribution in [2.24, 2.45) is 5.92 Å². The van der Waals surface area contributed by atoms with Crippen molar-refractivity contribution >= 4 is 6.29 Å². The van der Waals surface area contributed by atoms with E-state index in [1.807, 2.05) is 0 Å². The summed E-state index contributed by atoms with van der Waals surface area (Å²) in [6, 6.07) is 0. The molecule has 0 aromatic carbocycles. The number of ether oxygens (including phenoxy) is 2. The fourth-order valence-corrected chi connectivity index (χ4v) is 0.919. The van der Waals surface area contributed by atoms with E-state index in [2.05, 4.69) is 6.58 Å². The number of carbonyl (C=O) groups is 1. The lowest BCUT2D eigenvalue weighted by atomic mass is 10.1. The SMILES string of the molecule is C=C1OC(C)(C)OCC1C=O. The van der Waals surface area contributed by atoms with Gasteiger partial charge in [0.1, 0.15) is 12.0 Å². The minimum Gasteiger partial charge on any atom is -0.467 e. The fourth-order valence-electron chi connectivity index (χ4n) is 0.919. The number of hydrogen-bond donors (Lipinski definition) is 0. The average molecular weight is 156 g/mol. The van der Waals surface area contributed by atoms with E-state index in [0.29, 0.717) is 12.4 Å². The number of hydrogen-bond acceptors (Lipinski definition) is 3. The van der Waals surface area contributed by atoms with Crippen LogP contribution in [-0.2, 0) is 14.3 Å². The summed E-state index contributed by atoms with van der Waals surface area (Å²) in [4.78, 5) is 10.4. The van der Waals surface area contributed by atoms with Crippen LogP contribution in [0.25, 0.3) is 0 Å². The van der Waals surface area contributed by atoms with E-state index in [4.69, 9.17) is 9.47 Å². The van der Waals surface area contributed by atoms with Crippen molar-refractivity contribution in [3.63, 3.8) is 0 Å². The minimum atomic E-state index is -0.628. The molecule has 0 amide bonds. The molecule has 3 nitrogen and oxygen atoms in total. The molecule has 0 saturated carbocycles. The van der Waals surface area contributed by atoms with E-state index >= 15 is 0 Å². The van der Waals surface area contributed by atoms with Crippen LogP contribution in [0, 0.1) is 5.92 Å². The minimum absolute atomic E-state index is 0.303. The van der Waals surface area contributed by atoms with E-state index < -0.39 is 5.79 Å². The van der Waals surface area contributed by atoms with Crippen molar-refractivity contribution in [1.82, 2.24) is 0 Å². The lowest BCUT2D eigenvalue weighted by molar-refractivity contribution is -0.228. The predicted molar refractivity (Wildman–Crippen MR) is 39.8 cm³/mol. The van der Waals surface area contributed by atoms with Crippen LogP contribution < -0.4 is 0 Å². The van der Waals surface area contributed by atoms with Gasteiger partial charge in [-0.15, -0.1) is 0 Å². The lowest BCUT2D eigenvalue weighted by Gasteiger charge is -2.34. The average Bonchev–Trinajstić information content (AvgIpc) is 1.86. The van der Waals surface area contributed by atoms with Crippen LogP contribution in [0.3, 0.4) is 0 Å². The van der Waals surface area contributed by atoms with Crippen molar-refractivity contribution in [2.45, 2.75) is 19.6 Å². The summed E-state index contributed by atoms with van der Waals surface area (Å²) in [6.45, 7) is 7.58. The first-order valence-electron chi connectivity index (χ1n) is 3.52. The Morgan fingerprint density at radius 2 is 2.36 bits per heavy atom. The van der Waals surface area contributed by atoms with Crippen LogP contribution in [0.1, 0.15) is 13.8 Å². The maximum Gasteiger partial charge on any atom is 0.204 e. The summed E-state index contributed by atoms with van der Waals surface area (Å²) in [5.41, 5.74) is 0. The van der Waals surface area contributed by atoms with E-state index in [1.165, 1.54) is 0 Å². The molecule has 1 unspecified atom stereocenters. The molecule has 3 heteroatoms. The Balaban J connectivity index is 2.62. The maximum absolute atomic E-state index is 10.4. The van der Waals surface area contributed by atoms with Crippen LogP contribution in [0.15, 0.2) is 12.3 Å². The summed E-state index contributed by atoms with van der Waals surface area (Å²) in [5.74, 6) is -0.435. The van der Waals surface area contributed by atoms with Gasteiger partial charge in [-0.3, -0.25) is 0 Å². The molecule has 1 fully saturated rings. The molecule has 1 saturated heterocycles. The Hall–Kier alpha value is -0.830. The largest absolute Gasteiger partial charge is 0.467 e. The highest BCUT2D eigenvalue weighted by Gasteiger charge is 2.31. The first-order valence-corrected chi connectivity index (χ1v) is 3.52. The van der Waals surface area contributed by atoms with Gasteiger partial charge in [-0.25, -0.2) is 0 Å². The molecule has 0 N–H and O–H groups in total. The molecule has 1 aliphatic heterocycles. The molecule has 62 valence electrons. The second-order valence-corrected chi connectivity index (χ2v) is 3.02. The third-order valence-corrected chi connectivity index (χ3v) is 1.57. The molecular weight excluding hydrogens is 144 g/mol. The Bertz CT molecular complexity index is 184. The van der Waals surface area contributed by atoms with Crippen molar-refractivity contribution in [3.8, 4) is 0 Å². The van der Waals surface area contributed by atoms with Crippen LogP contribution >= 0.6 is 0 Å². The van der Waals surface area contributed by atoms with Crippen LogP contribution in [0.4, 0.5) is 0 Å². The first kappa shape index (κ1) is 8.27. The van der Waals surface area contributed by atoms with E-state index in [1.54, 1.807) is 13.8 Å². The van der Waals surface area contributed by atoms with Gasteiger partial charge in [-0.2, -0.15) is 0 Å². The van der Waals surface area contributed by atoms with Gasteiger partial charge in [0.15, 0.2) is 0 Å². The fraction of sp³-hybridized carbons (Fsp3) is 0.625. The summed E-state index contributed by atoms with van der Waals surface area (Å²) < 4.78 is 10.5. The monoisotopic (exact) mass is 156 g/mol. The van der Waals surface area contributed by atoms with Crippen molar-refractivity contribution < 1.29 is 14.3 Å². The summed E-state index contributed by atoms with van der Waals surface area (Å²) >= 11 is 0. The molecule has 11 heavy (non-hydrogen) atoms. The van der Waals surface area contributed by atoms with Gasteiger partial charge in [-0.1, -0.05) is 6.58 Å². The number of rotatable bonds is 1. The highest BCUT2D eigenvalue weighted by atomic mass is 16.7. The van der Waals surface area contributed by atoms with Gasteiger partial charge in [-0.05, 0) is 0 Å². The molecule has 0 spiro atoms. The highest BCUT2D eigenvalue weighted by Crippen LogP contribution is 2.26. The zero-order valence-corrected chi connectivity index (χ0v) is 6.79. The quantitative estimate of drug-likeness (QED) is 0.533. The van der Waals surface area contributed by atoms with Crippen LogP contribution in [0.2, 0.25) is 0 Å². The molecule has 0 aromatic rings. The van der Waals surface area contributed by atoms with Crippen molar-refractivity contribution in [1.29, 1.82) is 0 Å². The third kappa shape index (κ3) is 1.80. The molecule has 1 heterocycles. The summed E-state index contributed by atoms with van der Waals surface area (Å²) in [7, 11) is 0. The summed E-state index contributed by atoms with van der Waals surface area (Å²) in [6.07, 6.45) is 0.789. The van der Waals surface area contributed by atoms with E-state index in [9.17, 15) is 4.79 Å². The number of aldehydes is 1. The van der Waals surface area contributed by atoms with Gasteiger partial charge in [0, 0.05) is 13.8 Å². The smallest absolute Gasteiger partial charge is 0.204 e. The van der Waals surface area contributed by atoms with Crippen LogP contribution in [0.5, 0.6) is 0 Å². The second-order valence-electron chi connectivity index (χ2n) is 3.02. The number of carbonyl (C=O) groups excluding carboxylic acids is 1. The Morgan fingerprint density at radius 3 is 2.82 bits per heavy atom. The van der Waals surface area contributed by atoms with Gasteiger partial charge >= 0.3 is 0 Å². The zero-order valence-electron chi connectivity index (χ0n) is 6.79. The topological polar surface area (TPSA) is 35.5 Å². The molecule has 0 aliphatic carbocycles. The zero-order chi connectivity index (χ0) is 8.48. The molecular formula is C8H12O3. The van der Waals surface area contributed by atoms with Crippen molar-refractivity contribution in [2.75, 3.05) is 6.61 Å². The van der Waals surface area contributed by atoms with Gasteiger partial charge in [0.05, 0.1) is 12.5 Å². The Kier molecular flexibility index (Phi) is 2.00. The normalized spacial score (nSPS) is 29.3. The third-order valence-electron chi connectivity index (χ3n) is 1.57. The molecule has 0 radical (unpaired) electrons. The van der Waals surface area contributed by atoms with Crippen molar-refractivity contribution in [3.05, 3.63) is 12.3 Å². The van der Waals surface area contributed by atoms with Crippen LogP contribution in [-0.4, -0.2) is 18.7 Å². The van der Waals surface area contributed by atoms with Gasteiger partial charge < -0.3 is 14.3 Å². The van der Waals surface area contributed by atoms with Gasteiger partial charge in [0.25, 0.3) is 0 Å². The molecule has 1 rings (SSSR count). The highest BCUT2D eigenvalue weighted by molar-refractivity contribution is 5.58. The molecule has 1 atom stereocenters. The molecule has 1 aliphatic rings. The standard InChI is InChI=1S/C8H12O3/c1-6-7(4-9)5-10-8(2,3)11-6/h4,7H,1,5H2,2-3H3.